The predicted molar refractivity (Wildman–Crippen MR) is 124 cm³/mol. The van der Waals surface area contributed by atoms with E-state index in [4.69, 9.17) is 4.74 Å². The van der Waals surface area contributed by atoms with E-state index in [1.807, 2.05) is 30.5 Å². The van der Waals surface area contributed by atoms with Crippen LogP contribution in [-0.2, 0) is 6.54 Å². The fourth-order valence-corrected chi connectivity index (χ4v) is 6.07. The third kappa shape index (κ3) is 3.54. The molecule has 4 heterocycles. The minimum absolute atomic E-state index is 0.159. The van der Waals surface area contributed by atoms with Crippen molar-refractivity contribution in [3.8, 4) is 5.75 Å². The zero-order valence-electron chi connectivity index (χ0n) is 18.2. The first kappa shape index (κ1) is 20.2. The quantitative estimate of drug-likeness (QED) is 0.460. The molecule has 3 unspecified atom stereocenters. The summed E-state index contributed by atoms with van der Waals surface area (Å²) in [6.45, 7) is 7.25. The van der Waals surface area contributed by atoms with Gasteiger partial charge in [0.2, 0.25) is 0 Å². The number of piperidine rings is 3. The van der Waals surface area contributed by atoms with E-state index in [2.05, 4.69) is 48.0 Å². The van der Waals surface area contributed by atoms with Crippen LogP contribution in [0.4, 0.5) is 0 Å². The second-order valence-corrected chi connectivity index (χ2v) is 9.25. The van der Waals surface area contributed by atoms with Gasteiger partial charge in [0.1, 0.15) is 24.4 Å². The number of quaternary nitrogens is 1. The Morgan fingerprint density at radius 2 is 2.06 bits per heavy atom. The maximum atomic E-state index is 11.8. The third-order valence-corrected chi connectivity index (χ3v) is 7.68. The number of benzene rings is 2. The van der Waals surface area contributed by atoms with Crippen molar-refractivity contribution in [3.63, 3.8) is 0 Å². The molecule has 3 fully saturated rings. The van der Waals surface area contributed by atoms with Crippen LogP contribution in [0.15, 0.2) is 73.4 Å². The smallest absolute Gasteiger partial charge is 0.131 e. The van der Waals surface area contributed by atoms with Crippen LogP contribution in [0.3, 0.4) is 0 Å². The SMILES string of the molecule is C=CC1C[N+]2(Cc3ccccc3)CCC1C[C@@H]2[C@@H](O)c1ccnc2ccc(OC)cc12. The van der Waals surface area contributed by atoms with Gasteiger partial charge in [0, 0.05) is 35.9 Å². The topological polar surface area (TPSA) is 42.4 Å². The van der Waals surface area contributed by atoms with Gasteiger partial charge in [-0.1, -0.05) is 36.4 Å². The van der Waals surface area contributed by atoms with Crippen LogP contribution in [-0.4, -0.2) is 40.8 Å². The van der Waals surface area contributed by atoms with Crippen LogP contribution in [0.25, 0.3) is 10.9 Å². The normalized spacial score (nSPS) is 28.4. The zero-order valence-corrected chi connectivity index (χ0v) is 18.2. The molecule has 0 aliphatic carbocycles. The molecule has 3 aliphatic heterocycles. The van der Waals surface area contributed by atoms with Gasteiger partial charge in [-0.2, -0.15) is 0 Å². The van der Waals surface area contributed by atoms with Crippen molar-refractivity contribution in [2.75, 3.05) is 20.2 Å². The minimum atomic E-state index is -0.546. The number of aliphatic hydroxyl groups excluding tert-OH is 1. The Kier molecular flexibility index (Phi) is 5.28. The highest BCUT2D eigenvalue weighted by Crippen LogP contribution is 2.48. The molecule has 0 saturated carbocycles. The first-order chi connectivity index (χ1) is 15.1. The van der Waals surface area contributed by atoms with Crippen molar-refractivity contribution in [1.29, 1.82) is 0 Å². The largest absolute Gasteiger partial charge is 0.497 e. The summed E-state index contributed by atoms with van der Waals surface area (Å²) in [4.78, 5) is 4.52. The first-order valence-corrected chi connectivity index (χ1v) is 11.3. The summed E-state index contributed by atoms with van der Waals surface area (Å²) in [5, 5.41) is 12.8. The molecule has 31 heavy (non-hydrogen) atoms. The molecule has 160 valence electrons. The van der Waals surface area contributed by atoms with Gasteiger partial charge in [0.25, 0.3) is 0 Å². The molecule has 5 atom stereocenters. The van der Waals surface area contributed by atoms with Crippen LogP contribution < -0.4 is 4.74 Å². The summed E-state index contributed by atoms with van der Waals surface area (Å²) in [6.07, 6.45) is 5.65. The van der Waals surface area contributed by atoms with E-state index in [-0.39, 0.29) is 6.04 Å². The van der Waals surface area contributed by atoms with Crippen LogP contribution in [0.2, 0.25) is 0 Å². The van der Waals surface area contributed by atoms with Crippen LogP contribution >= 0.6 is 0 Å². The minimum Gasteiger partial charge on any atom is -0.497 e. The number of methoxy groups -OCH3 is 1. The highest BCUT2D eigenvalue weighted by atomic mass is 16.5. The monoisotopic (exact) mass is 415 g/mol. The number of pyridine rings is 1. The lowest BCUT2D eigenvalue weighted by Gasteiger charge is -2.58. The molecule has 3 aliphatic rings. The Morgan fingerprint density at radius 1 is 1.23 bits per heavy atom. The Hall–Kier alpha value is -2.69. The van der Waals surface area contributed by atoms with Gasteiger partial charge in [0.05, 0.1) is 25.7 Å². The molecule has 0 spiro atoms. The fourth-order valence-electron chi connectivity index (χ4n) is 6.07. The second-order valence-electron chi connectivity index (χ2n) is 9.25. The molecule has 3 saturated heterocycles. The summed E-state index contributed by atoms with van der Waals surface area (Å²) < 4.78 is 6.38. The Morgan fingerprint density at radius 3 is 2.84 bits per heavy atom. The maximum Gasteiger partial charge on any atom is 0.131 e. The van der Waals surface area contributed by atoms with Crippen LogP contribution in [0.1, 0.15) is 30.1 Å². The van der Waals surface area contributed by atoms with Gasteiger partial charge >= 0.3 is 0 Å². The van der Waals surface area contributed by atoms with Gasteiger partial charge < -0.3 is 14.3 Å². The highest BCUT2D eigenvalue weighted by Gasteiger charge is 2.53. The number of fused-ring (bicyclic) bond motifs is 4. The summed E-state index contributed by atoms with van der Waals surface area (Å²) in [7, 11) is 1.68. The number of hydrogen-bond donors (Lipinski definition) is 1. The van der Waals surface area contributed by atoms with Crippen LogP contribution in [0.5, 0.6) is 5.75 Å². The summed E-state index contributed by atoms with van der Waals surface area (Å²) >= 11 is 0. The fraction of sp³-hybridized carbons (Fsp3) is 0.370. The van der Waals surface area contributed by atoms with Crippen molar-refractivity contribution in [2.45, 2.75) is 31.5 Å². The third-order valence-electron chi connectivity index (χ3n) is 7.68. The molecular formula is C27H31N2O2+. The van der Waals surface area contributed by atoms with E-state index in [1.165, 1.54) is 12.0 Å². The first-order valence-electron chi connectivity index (χ1n) is 11.3. The lowest BCUT2D eigenvalue weighted by atomic mass is 9.71. The zero-order chi connectivity index (χ0) is 21.4. The average molecular weight is 416 g/mol. The van der Waals surface area contributed by atoms with Crippen molar-refractivity contribution in [3.05, 3.63) is 84.6 Å². The van der Waals surface area contributed by atoms with Gasteiger partial charge in [-0.25, -0.2) is 0 Å². The molecule has 4 nitrogen and oxygen atoms in total. The molecule has 2 bridgehead atoms. The lowest BCUT2D eigenvalue weighted by molar-refractivity contribution is -0.984. The average Bonchev–Trinajstić information content (AvgIpc) is 2.83. The van der Waals surface area contributed by atoms with E-state index in [9.17, 15) is 5.11 Å². The Labute approximate surface area is 184 Å². The van der Waals surface area contributed by atoms with Crippen LogP contribution in [0, 0.1) is 11.8 Å². The van der Waals surface area contributed by atoms with Crippen molar-refractivity contribution in [1.82, 2.24) is 4.98 Å². The standard InChI is InChI=1S/C27H31N2O2/c1-3-20-18-29(17-19-7-5-4-6-8-19)14-12-21(20)15-26(29)27(30)23-11-13-28-25-10-9-22(31-2)16-24(23)25/h3-11,13,16,20-21,26-27,30H,1,12,14-15,17-18H2,2H3/q+1/t20?,21?,26-,27+,29?/m1/s1. The van der Waals surface area contributed by atoms with Gasteiger partial charge in [0.15, 0.2) is 0 Å². The number of hydrogen-bond acceptors (Lipinski definition) is 3. The number of aromatic nitrogens is 1. The Balaban J connectivity index is 1.56. The molecule has 0 amide bonds. The molecule has 3 aromatic rings. The molecule has 1 N–H and O–H groups in total. The van der Waals surface area contributed by atoms with E-state index < -0.39 is 6.10 Å². The van der Waals surface area contributed by atoms with Crippen molar-refractivity contribution < 1.29 is 14.3 Å². The molecule has 2 aromatic carbocycles. The number of rotatable bonds is 6. The number of aliphatic hydroxyl groups is 1. The van der Waals surface area contributed by atoms with Crippen molar-refractivity contribution in [2.24, 2.45) is 11.8 Å². The molecule has 4 heteroatoms. The van der Waals surface area contributed by atoms with E-state index in [0.29, 0.717) is 11.8 Å². The summed E-state index contributed by atoms with van der Waals surface area (Å²) in [5.41, 5.74) is 3.19. The predicted octanol–water partition coefficient (Wildman–Crippen LogP) is 4.89. The lowest BCUT2D eigenvalue weighted by Crippen LogP contribution is -2.67. The van der Waals surface area contributed by atoms with Gasteiger partial charge in [-0.15, -0.1) is 6.58 Å². The number of nitrogens with zero attached hydrogens (tertiary/aromatic N) is 2. The number of ether oxygens (including phenoxy) is 1. The van der Waals surface area contributed by atoms with Crippen molar-refractivity contribution >= 4 is 10.9 Å². The van der Waals surface area contributed by atoms with Gasteiger partial charge in [-0.3, -0.25) is 4.98 Å². The van der Waals surface area contributed by atoms with E-state index in [0.717, 1.165) is 52.8 Å². The Bertz CT molecular complexity index is 1080. The highest BCUT2D eigenvalue weighted by molar-refractivity contribution is 5.83. The molecule has 6 rings (SSSR count). The summed E-state index contributed by atoms with van der Waals surface area (Å²) in [6, 6.07) is 18.8. The second kappa shape index (κ2) is 8.10. The summed E-state index contributed by atoms with van der Waals surface area (Å²) in [5.74, 6) is 1.92. The maximum absolute atomic E-state index is 11.8. The molecule has 0 radical (unpaired) electrons. The molecular weight excluding hydrogens is 384 g/mol. The van der Waals surface area contributed by atoms with Gasteiger partial charge in [-0.05, 0) is 35.7 Å². The van der Waals surface area contributed by atoms with E-state index in [1.54, 1.807) is 7.11 Å². The van der Waals surface area contributed by atoms with E-state index >= 15 is 0 Å². The molecule has 1 aromatic heterocycles.